The molecule has 2 N–H and O–H groups in total. The van der Waals surface area contributed by atoms with Crippen molar-refractivity contribution in [3.8, 4) is 0 Å². The molecule has 0 saturated carbocycles. The normalized spacial score (nSPS) is 12.6. The van der Waals surface area contributed by atoms with E-state index in [4.69, 9.17) is 5.73 Å². The fourth-order valence-electron chi connectivity index (χ4n) is 1.75. The van der Waals surface area contributed by atoms with Crippen LogP contribution in [0.1, 0.15) is 24.2 Å². The van der Waals surface area contributed by atoms with Crippen LogP contribution in [-0.2, 0) is 13.5 Å². The molecule has 90 valence electrons. The molecule has 0 saturated heterocycles. The number of hydrogen-bond donors (Lipinski definition) is 1. The van der Waals surface area contributed by atoms with Crippen molar-refractivity contribution in [1.82, 2.24) is 14.8 Å². The van der Waals surface area contributed by atoms with Crippen LogP contribution >= 0.6 is 0 Å². The van der Waals surface area contributed by atoms with Crippen LogP contribution in [0.2, 0.25) is 0 Å². The number of nitrogens with two attached hydrogens (primary N) is 1. The van der Waals surface area contributed by atoms with E-state index in [1.54, 1.807) is 18.5 Å². The number of rotatable bonds is 3. The standard InChI is InChI=1S/C12H15FN4/c1-8(5-12-16-15-7-17(12)2)9-3-4-10(13)11(14)6-9/h3-4,6-8H,5,14H2,1-2H3. The van der Waals surface area contributed by atoms with E-state index in [1.165, 1.54) is 6.07 Å². The third-order valence-corrected chi connectivity index (χ3v) is 2.88. The molecular weight excluding hydrogens is 219 g/mol. The molecule has 1 heterocycles. The first-order chi connectivity index (χ1) is 8.08. The monoisotopic (exact) mass is 234 g/mol. The molecule has 0 radical (unpaired) electrons. The van der Waals surface area contributed by atoms with Gasteiger partial charge in [-0.3, -0.25) is 0 Å². The number of benzene rings is 1. The second-order valence-electron chi connectivity index (χ2n) is 4.24. The Morgan fingerprint density at radius 3 is 2.82 bits per heavy atom. The third-order valence-electron chi connectivity index (χ3n) is 2.88. The number of nitrogens with zero attached hydrogens (tertiary/aromatic N) is 3. The van der Waals surface area contributed by atoms with E-state index in [9.17, 15) is 4.39 Å². The average molecular weight is 234 g/mol. The zero-order valence-electron chi connectivity index (χ0n) is 9.89. The van der Waals surface area contributed by atoms with Gasteiger partial charge in [0.1, 0.15) is 18.0 Å². The van der Waals surface area contributed by atoms with Gasteiger partial charge in [0.05, 0.1) is 5.69 Å². The predicted octanol–water partition coefficient (Wildman–Crippen LogP) is 1.88. The molecular formula is C12H15FN4. The molecule has 0 aliphatic heterocycles. The van der Waals surface area contributed by atoms with Crippen LogP contribution in [0, 0.1) is 5.82 Å². The predicted molar refractivity (Wildman–Crippen MR) is 63.9 cm³/mol. The smallest absolute Gasteiger partial charge is 0.146 e. The molecule has 0 amide bonds. The quantitative estimate of drug-likeness (QED) is 0.825. The van der Waals surface area contributed by atoms with Gasteiger partial charge >= 0.3 is 0 Å². The molecule has 0 aliphatic carbocycles. The van der Waals surface area contributed by atoms with E-state index < -0.39 is 0 Å². The highest BCUT2D eigenvalue weighted by atomic mass is 19.1. The SMILES string of the molecule is CC(Cc1nncn1C)c1ccc(F)c(N)c1. The summed E-state index contributed by atoms with van der Waals surface area (Å²) in [4.78, 5) is 0. The fourth-order valence-corrected chi connectivity index (χ4v) is 1.75. The molecule has 0 aliphatic rings. The van der Waals surface area contributed by atoms with Crippen molar-refractivity contribution in [3.05, 3.63) is 41.7 Å². The highest BCUT2D eigenvalue weighted by molar-refractivity contribution is 5.43. The van der Waals surface area contributed by atoms with E-state index in [-0.39, 0.29) is 17.4 Å². The van der Waals surface area contributed by atoms with Crippen LogP contribution in [0.3, 0.4) is 0 Å². The average Bonchev–Trinajstić information content (AvgIpc) is 2.68. The summed E-state index contributed by atoms with van der Waals surface area (Å²) in [5.41, 5.74) is 6.75. The Kier molecular flexibility index (Phi) is 3.08. The lowest BCUT2D eigenvalue weighted by atomic mass is 9.97. The molecule has 1 aromatic heterocycles. The molecule has 4 nitrogen and oxygen atoms in total. The van der Waals surface area contributed by atoms with Gasteiger partial charge in [-0.2, -0.15) is 0 Å². The van der Waals surface area contributed by atoms with Crippen molar-refractivity contribution in [2.75, 3.05) is 5.73 Å². The number of aromatic nitrogens is 3. The summed E-state index contributed by atoms with van der Waals surface area (Å²) >= 11 is 0. The lowest BCUT2D eigenvalue weighted by Crippen LogP contribution is -2.05. The van der Waals surface area contributed by atoms with E-state index in [2.05, 4.69) is 17.1 Å². The van der Waals surface area contributed by atoms with Gasteiger partial charge in [0.15, 0.2) is 0 Å². The summed E-state index contributed by atoms with van der Waals surface area (Å²) in [5, 5.41) is 7.86. The largest absolute Gasteiger partial charge is 0.396 e. The Balaban J connectivity index is 2.17. The highest BCUT2D eigenvalue weighted by Gasteiger charge is 2.11. The molecule has 0 fully saturated rings. The second kappa shape index (κ2) is 4.53. The van der Waals surface area contributed by atoms with Gasteiger partial charge in [-0.25, -0.2) is 4.39 Å². The van der Waals surface area contributed by atoms with E-state index in [0.717, 1.165) is 17.8 Å². The topological polar surface area (TPSA) is 56.7 Å². The van der Waals surface area contributed by atoms with Gasteiger partial charge < -0.3 is 10.3 Å². The van der Waals surface area contributed by atoms with Crippen molar-refractivity contribution < 1.29 is 4.39 Å². The minimum atomic E-state index is -0.375. The summed E-state index contributed by atoms with van der Waals surface area (Å²) < 4.78 is 14.9. The van der Waals surface area contributed by atoms with Gasteiger partial charge in [0.2, 0.25) is 0 Å². The van der Waals surface area contributed by atoms with Gasteiger partial charge in [-0.15, -0.1) is 10.2 Å². The fraction of sp³-hybridized carbons (Fsp3) is 0.333. The van der Waals surface area contributed by atoms with Gasteiger partial charge in [0.25, 0.3) is 0 Å². The minimum absolute atomic E-state index is 0.187. The van der Waals surface area contributed by atoms with Crippen LogP contribution in [0.4, 0.5) is 10.1 Å². The number of hydrogen-bond acceptors (Lipinski definition) is 3. The number of nitrogen functional groups attached to an aromatic ring is 1. The Morgan fingerprint density at radius 2 is 2.24 bits per heavy atom. The molecule has 0 bridgehead atoms. The zero-order chi connectivity index (χ0) is 12.4. The first-order valence-electron chi connectivity index (χ1n) is 5.45. The summed E-state index contributed by atoms with van der Waals surface area (Å²) in [6, 6.07) is 4.83. The Labute approximate surface area is 99.3 Å². The Morgan fingerprint density at radius 1 is 1.47 bits per heavy atom. The number of aryl methyl sites for hydroxylation is 1. The summed E-state index contributed by atoms with van der Waals surface area (Å²) in [6.07, 6.45) is 2.42. The maximum absolute atomic E-state index is 13.1. The van der Waals surface area contributed by atoms with Crippen LogP contribution in [0.15, 0.2) is 24.5 Å². The molecule has 0 spiro atoms. The zero-order valence-corrected chi connectivity index (χ0v) is 9.89. The van der Waals surface area contributed by atoms with Gasteiger partial charge in [-0.05, 0) is 23.6 Å². The van der Waals surface area contributed by atoms with Gasteiger partial charge in [-0.1, -0.05) is 13.0 Å². The molecule has 1 atom stereocenters. The van der Waals surface area contributed by atoms with Crippen LogP contribution in [-0.4, -0.2) is 14.8 Å². The number of anilines is 1. The molecule has 2 rings (SSSR count). The maximum Gasteiger partial charge on any atom is 0.146 e. The highest BCUT2D eigenvalue weighted by Crippen LogP contribution is 2.22. The van der Waals surface area contributed by atoms with Crippen molar-refractivity contribution in [1.29, 1.82) is 0 Å². The van der Waals surface area contributed by atoms with Crippen molar-refractivity contribution in [2.24, 2.45) is 7.05 Å². The molecule has 1 unspecified atom stereocenters. The van der Waals surface area contributed by atoms with Crippen molar-refractivity contribution in [3.63, 3.8) is 0 Å². The van der Waals surface area contributed by atoms with Crippen LogP contribution in [0.5, 0.6) is 0 Å². The summed E-state index contributed by atoms with van der Waals surface area (Å²) in [6.45, 7) is 2.06. The summed E-state index contributed by atoms with van der Waals surface area (Å²) in [5.74, 6) is 0.751. The maximum atomic E-state index is 13.1. The van der Waals surface area contributed by atoms with Crippen LogP contribution in [0.25, 0.3) is 0 Å². The van der Waals surface area contributed by atoms with Crippen molar-refractivity contribution >= 4 is 5.69 Å². The first kappa shape index (κ1) is 11.6. The van der Waals surface area contributed by atoms with Crippen LogP contribution < -0.4 is 5.73 Å². The Hall–Kier alpha value is -1.91. The molecule has 1 aromatic carbocycles. The molecule has 5 heteroatoms. The van der Waals surface area contributed by atoms with E-state index in [1.807, 2.05) is 11.6 Å². The van der Waals surface area contributed by atoms with Gasteiger partial charge in [0, 0.05) is 13.5 Å². The lowest BCUT2D eigenvalue weighted by molar-refractivity contribution is 0.628. The van der Waals surface area contributed by atoms with E-state index >= 15 is 0 Å². The van der Waals surface area contributed by atoms with Crippen molar-refractivity contribution in [2.45, 2.75) is 19.3 Å². The lowest BCUT2D eigenvalue weighted by Gasteiger charge is -2.12. The molecule has 17 heavy (non-hydrogen) atoms. The Bertz CT molecular complexity index is 521. The first-order valence-corrected chi connectivity index (χ1v) is 5.45. The minimum Gasteiger partial charge on any atom is -0.396 e. The summed E-state index contributed by atoms with van der Waals surface area (Å²) in [7, 11) is 1.90. The van der Waals surface area contributed by atoms with E-state index in [0.29, 0.717) is 0 Å². The number of halogens is 1. The third kappa shape index (κ3) is 2.43. The second-order valence-corrected chi connectivity index (χ2v) is 4.24. The molecule has 2 aromatic rings.